The van der Waals surface area contributed by atoms with Crippen LogP contribution in [0.3, 0.4) is 0 Å². The zero-order chi connectivity index (χ0) is 14.8. The van der Waals surface area contributed by atoms with Crippen molar-refractivity contribution in [3.8, 4) is 5.75 Å². The zero-order valence-corrected chi connectivity index (χ0v) is 12.9. The van der Waals surface area contributed by atoms with E-state index in [-0.39, 0.29) is 5.91 Å². The van der Waals surface area contributed by atoms with Gasteiger partial charge < -0.3 is 15.0 Å². The number of benzene rings is 1. The van der Waals surface area contributed by atoms with Gasteiger partial charge in [0.1, 0.15) is 5.75 Å². The van der Waals surface area contributed by atoms with E-state index in [1.165, 1.54) is 17.5 Å². The second-order valence-electron chi connectivity index (χ2n) is 6.19. The summed E-state index contributed by atoms with van der Waals surface area (Å²) >= 11 is 0. The third-order valence-electron chi connectivity index (χ3n) is 4.73. The molecular formula is C17H24N2O2. The molecule has 1 saturated heterocycles. The van der Waals surface area contributed by atoms with E-state index in [9.17, 15) is 4.79 Å². The highest BCUT2D eigenvalue weighted by molar-refractivity contribution is 5.76. The Bertz CT molecular complexity index is 530. The highest BCUT2D eigenvalue weighted by Gasteiger charge is 2.27. The van der Waals surface area contributed by atoms with Gasteiger partial charge >= 0.3 is 0 Å². The molecule has 1 heterocycles. The first kappa shape index (κ1) is 14.4. The number of rotatable bonds is 3. The van der Waals surface area contributed by atoms with Gasteiger partial charge in [-0.2, -0.15) is 0 Å². The number of fused-ring (bicyclic) bond motifs is 1. The van der Waals surface area contributed by atoms with Crippen molar-refractivity contribution >= 4 is 5.91 Å². The average molecular weight is 288 g/mol. The van der Waals surface area contributed by atoms with Crippen molar-refractivity contribution in [1.29, 1.82) is 0 Å². The Labute approximate surface area is 126 Å². The highest BCUT2D eigenvalue weighted by atomic mass is 16.5. The second-order valence-corrected chi connectivity index (χ2v) is 6.19. The number of aryl methyl sites for hydroxylation is 1. The van der Waals surface area contributed by atoms with Crippen molar-refractivity contribution in [2.45, 2.75) is 44.2 Å². The number of nitrogens with zero attached hydrogens (tertiary/aromatic N) is 1. The monoisotopic (exact) mass is 288 g/mol. The van der Waals surface area contributed by atoms with Gasteiger partial charge in [-0.3, -0.25) is 4.79 Å². The van der Waals surface area contributed by atoms with Crippen molar-refractivity contribution in [2.75, 3.05) is 20.7 Å². The number of amides is 1. The first-order valence-electron chi connectivity index (χ1n) is 7.84. The molecule has 2 aliphatic rings. The van der Waals surface area contributed by atoms with Crippen LogP contribution in [0.2, 0.25) is 0 Å². The lowest BCUT2D eigenvalue weighted by Gasteiger charge is -2.35. The molecule has 0 saturated carbocycles. The molecule has 4 heteroatoms. The van der Waals surface area contributed by atoms with Crippen LogP contribution in [0.5, 0.6) is 5.75 Å². The summed E-state index contributed by atoms with van der Waals surface area (Å²) in [6.45, 7) is 0.814. The van der Waals surface area contributed by atoms with E-state index in [0.717, 1.165) is 31.6 Å². The molecule has 0 spiro atoms. The van der Waals surface area contributed by atoms with Gasteiger partial charge in [0.15, 0.2) is 0 Å². The smallest absolute Gasteiger partial charge is 0.222 e. The molecule has 0 aromatic heterocycles. The fraction of sp³-hybridized carbons (Fsp3) is 0.588. The molecule has 0 bridgehead atoms. The molecule has 0 radical (unpaired) electrons. The number of hydrogen-bond donors (Lipinski definition) is 1. The lowest BCUT2D eigenvalue weighted by Crippen LogP contribution is -2.48. The molecule has 114 valence electrons. The van der Waals surface area contributed by atoms with Gasteiger partial charge in [0.2, 0.25) is 5.91 Å². The van der Waals surface area contributed by atoms with Crippen molar-refractivity contribution < 1.29 is 9.53 Å². The molecule has 1 amide bonds. The average Bonchev–Trinajstić information content (AvgIpc) is 2.51. The minimum absolute atomic E-state index is 0.263. The standard InChI is InChI=1S/C17H24N2O2/c1-19-11-13(7-9-17(19)20)18-16-5-3-4-12-6-8-14(21-2)10-15(12)16/h6,8,10,13,16,18H,3-5,7,9,11H2,1-2H3. The van der Waals surface area contributed by atoms with Gasteiger partial charge in [-0.25, -0.2) is 0 Å². The van der Waals surface area contributed by atoms with Crippen LogP contribution in [0.1, 0.15) is 42.9 Å². The van der Waals surface area contributed by atoms with Crippen LogP contribution in [-0.2, 0) is 11.2 Å². The lowest BCUT2D eigenvalue weighted by molar-refractivity contribution is -0.132. The normalized spacial score (nSPS) is 25.6. The van der Waals surface area contributed by atoms with Crippen molar-refractivity contribution in [1.82, 2.24) is 10.2 Å². The summed E-state index contributed by atoms with van der Waals surface area (Å²) in [5.74, 6) is 1.19. The first-order valence-corrected chi connectivity index (χ1v) is 7.84. The maximum absolute atomic E-state index is 11.6. The summed E-state index contributed by atoms with van der Waals surface area (Å²) in [4.78, 5) is 13.4. The molecule has 1 aromatic rings. The Morgan fingerprint density at radius 2 is 2.14 bits per heavy atom. The van der Waals surface area contributed by atoms with Crippen LogP contribution in [0.25, 0.3) is 0 Å². The number of carbonyl (C=O) groups is 1. The number of likely N-dealkylation sites (N-methyl/N-ethyl adjacent to an activating group) is 1. The molecule has 2 unspecified atom stereocenters. The van der Waals surface area contributed by atoms with E-state index in [1.807, 2.05) is 18.0 Å². The van der Waals surface area contributed by atoms with Crippen LogP contribution in [0, 0.1) is 0 Å². The maximum Gasteiger partial charge on any atom is 0.222 e. The zero-order valence-electron chi connectivity index (χ0n) is 12.9. The summed E-state index contributed by atoms with van der Waals surface area (Å²) in [6.07, 6.45) is 5.14. The van der Waals surface area contributed by atoms with E-state index < -0.39 is 0 Å². The Morgan fingerprint density at radius 3 is 2.90 bits per heavy atom. The fourth-order valence-corrected chi connectivity index (χ4v) is 3.51. The largest absolute Gasteiger partial charge is 0.497 e. The highest BCUT2D eigenvalue weighted by Crippen LogP contribution is 2.33. The van der Waals surface area contributed by atoms with Crippen LogP contribution in [0.4, 0.5) is 0 Å². The van der Waals surface area contributed by atoms with Gasteiger partial charge in [0, 0.05) is 32.1 Å². The van der Waals surface area contributed by atoms with Gasteiger partial charge in [0.05, 0.1) is 7.11 Å². The van der Waals surface area contributed by atoms with Crippen molar-refractivity contribution in [3.05, 3.63) is 29.3 Å². The topological polar surface area (TPSA) is 41.6 Å². The van der Waals surface area contributed by atoms with E-state index in [1.54, 1.807) is 7.11 Å². The molecule has 21 heavy (non-hydrogen) atoms. The predicted octanol–water partition coefficient (Wildman–Crippen LogP) is 2.28. The number of piperidine rings is 1. The quantitative estimate of drug-likeness (QED) is 0.928. The summed E-state index contributed by atoms with van der Waals surface area (Å²) in [5, 5.41) is 3.77. The number of carbonyl (C=O) groups excluding carboxylic acids is 1. The van der Waals surface area contributed by atoms with E-state index >= 15 is 0 Å². The van der Waals surface area contributed by atoms with Crippen LogP contribution >= 0.6 is 0 Å². The number of nitrogens with one attached hydrogen (secondary N) is 1. The van der Waals surface area contributed by atoms with Crippen molar-refractivity contribution in [3.63, 3.8) is 0 Å². The summed E-state index contributed by atoms with van der Waals surface area (Å²) in [5.41, 5.74) is 2.81. The molecule has 4 nitrogen and oxygen atoms in total. The molecule has 1 aliphatic heterocycles. The predicted molar refractivity (Wildman–Crippen MR) is 82.5 cm³/mol. The Balaban J connectivity index is 1.74. The van der Waals surface area contributed by atoms with E-state index in [2.05, 4.69) is 17.4 Å². The van der Waals surface area contributed by atoms with Gasteiger partial charge in [-0.05, 0) is 48.9 Å². The summed E-state index contributed by atoms with van der Waals surface area (Å²) in [6, 6.07) is 7.20. The lowest BCUT2D eigenvalue weighted by atomic mass is 9.86. The summed E-state index contributed by atoms with van der Waals surface area (Å²) < 4.78 is 5.37. The van der Waals surface area contributed by atoms with Crippen LogP contribution in [0.15, 0.2) is 18.2 Å². The van der Waals surface area contributed by atoms with E-state index in [4.69, 9.17) is 4.74 Å². The molecule has 1 N–H and O–H groups in total. The van der Waals surface area contributed by atoms with Crippen LogP contribution < -0.4 is 10.1 Å². The Hall–Kier alpha value is -1.55. The van der Waals surface area contributed by atoms with Crippen molar-refractivity contribution in [2.24, 2.45) is 0 Å². The van der Waals surface area contributed by atoms with Gasteiger partial charge in [0.25, 0.3) is 0 Å². The molecule has 1 fully saturated rings. The summed E-state index contributed by atoms with van der Waals surface area (Å²) in [7, 11) is 3.61. The first-order chi connectivity index (χ1) is 10.2. The number of ether oxygens (including phenoxy) is 1. The molecule has 1 aromatic carbocycles. The minimum atomic E-state index is 0.263. The van der Waals surface area contributed by atoms with Crippen LogP contribution in [-0.4, -0.2) is 37.6 Å². The third kappa shape index (κ3) is 3.05. The van der Waals surface area contributed by atoms with Gasteiger partial charge in [-0.1, -0.05) is 6.07 Å². The Morgan fingerprint density at radius 1 is 1.29 bits per heavy atom. The SMILES string of the molecule is COc1ccc2c(c1)C(NC1CCC(=O)N(C)C1)CCC2. The molecule has 2 atom stereocenters. The van der Waals surface area contributed by atoms with Gasteiger partial charge in [-0.15, -0.1) is 0 Å². The molecular weight excluding hydrogens is 264 g/mol. The third-order valence-corrected chi connectivity index (χ3v) is 4.73. The number of methoxy groups -OCH3 is 1. The fourth-order valence-electron chi connectivity index (χ4n) is 3.51. The second kappa shape index (κ2) is 6.06. The Kier molecular flexibility index (Phi) is 4.15. The maximum atomic E-state index is 11.6. The molecule has 1 aliphatic carbocycles. The number of likely N-dealkylation sites (tertiary alicyclic amines) is 1. The molecule has 3 rings (SSSR count). The number of hydrogen-bond acceptors (Lipinski definition) is 3. The van der Waals surface area contributed by atoms with E-state index in [0.29, 0.717) is 18.5 Å². The minimum Gasteiger partial charge on any atom is -0.497 e.